The summed E-state index contributed by atoms with van der Waals surface area (Å²) in [5.74, 6) is -1.90. The summed E-state index contributed by atoms with van der Waals surface area (Å²) in [6, 6.07) is 8.74. The van der Waals surface area contributed by atoms with Crippen LogP contribution in [0.5, 0.6) is 0 Å². The Labute approximate surface area is 142 Å². The summed E-state index contributed by atoms with van der Waals surface area (Å²) in [5, 5.41) is 11.7. The van der Waals surface area contributed by atoms with Crippen molar-refractivity contribution in [2.75, 3.05) is 13.1 Å². The molecule has 0 bridgehead atoms. The minimum atomic E-state index is -1.06. The molecule has 0 saturated carbocycles. The van der Waals surface area contributed by atoms with Crippen molar-refractivity contribution in [3.8, 4) is 0 Å². The Morgan fingerprint density at radius 2 is 1.83 bits per heavy atom. The molecule has 0 unspecified atom stereocenters. The molecule has 0 fully saturated rings. The van der Waals surface area contributed by atoms with E-state index in [1.54, 1.807) is 6.92 Å². The van der Waals surface area contributed by atoms with E-state index in [1.165, 1.54) is 11.8 Å². The zero-order chi connectivity index (χ0) is 18.1. The van der Waals surface area contributed by atoms with Gasteiger partial charge in [0, 0.05) is 13.5 Å². The average Bonchev–Trinajstić information content (AvgIpc) is 2.56. The molecule has 2 amide bonds. The Morgan fingerprint density at radius 3 is 2.33 bits per heavy atom. The van der Waals surface area contributed by atoms with Gasteiger partial charge < -0.3 is 15.3 Å². The fourth-order valence-electron chi connectivity index (χ4n) is 2.33. The van der Waals surface area contributed by atoms with E-state index in [9.17, 15) is 19.5 Å². The molecule has 24 heavy (non-hydrogen) atoms. The zero-order valence-corrected chi connectivity index (χ0v) is 14.5. The molecule has 1 aromatic rings. The van der Waals surface area contributed by atoms with Gasteiger partial charge in [-0.1, -0.05) is 50.6 Å². The quantitative estimate of drug-likeness (QED) is 0.719. The van der Waals surface area contributed by atoms with Crippen molar-refractivity contribution in [3.63, 3.8) is 0 Å². The summed E-state index contributed by atoms with van der Waals surface area (Å²) in [7, 11) is 0. The van der Waals surface area contributed by atoms with Gasteiger partial charge >= 0.3 is 5.97 Å². The minimum Gasteiger partial charge on any atom is -0.480 e. The Hall–Kier alpha value is -2.37. The van der Waals surface area contributed by atoms with Crippen LogP contribution in [-0.2, 0) is 20.8 Å². The Morgan fingerprint density at radius 1 is 1.21 bits per heavy atom. The minimum absolute atomic E-state index is 0.137. The molecule has 0 radical (unpaired) electrons. The summed E-state index contributed by atoms with van der Waals surface area (Å²) in [5.41, 5.74) is 1.08. The SMILES string of the molecule is CC[C@H](C)[C@H](NC(=O)CN(CCc1ccccc1)C(C)=O)C(=O)O. The predicted molar refractivity (Wildman–Crippen MR) is 91.4 cm³/mol. The number of nitrogens with zero attached hydrogens (tertiary/aromatic N) is 1. The van der Waals surface area contributed by atoms with Crippen LogP contribution in [0.15, 0.2) is 30.3 Å². The largest absolute Gasteiger partial charge is 0.480 e. The highest BCUT2D eigenvalue weighted by Gasteiger charge is 2.26. The van der Waals surface area contributed by atoms with Gasteiger partial charge in [-0.2, -0.15) is 0 Å². The third kappa shape index (κ3) is 6.40. The number of hydrogen-bond acceptors (Lipinski definition) is 3. The van der Waals surface area contributed by atoms with Gasteiger partial charge in [0.05, 0.1) is 6.54 Å². The second-order valence-corrected chi connectivity index (χ2v) is 5.95. The highest BCUT2D eigenvalue weighted by atomic mass is 16.4. The molecular weight excluding hydrogens is 308 g/mol. The molecule has 1 rings (SSSR count). The number of carboxylic acids is 1. The van der Waals surface area contributed by atoms with E-state index in [0.29, 0.717) is 19.4 Å². The number of carbonyl (C=O) groups excluding carboxylic acids is 2. The number of nitrogens with one attached hydrogen (secondary N) is 1. The molecule has 0 spiro atoms. The number of benzene rings is 1. The first-order chi connectivity index (χ1) is 11.3. The Balaban J connectivity index is 2.62. The first kappa shape index (κ1) is 19.7. The first-order valence-corrected chi connectivity index (χ1v) is 8.16. The summed E-state index contributed by atoms with van der Waals surface area (Å²) >= 11 is 0. The van der Waals surface area contributed by atoms with E-state index in [1.807, 2.05) is 37.3 Å². The predicted octanol–water partition coefficient (Wildman–Crippen LogP) is 1.69. The summed E-state index contributed by atoms with van der Waals surface area (Å²) in [6.45, 7) is 5.32. The lowest BCUT2D eigenvalue weighted by Crippen LogP contribution is -2.49. The van der Waals surface area contributed by atoms with Crippen LogP contribution < -0.4 is 5.32 Å². The van der Waals surface area contributed by atoms with E-state index in [4.69, 9.17) is 0 Å². The van der Waals surface area contributed by atoms with Crippen molar-refractivity contribution in [3.05, 3.63) is 35.9 Å². The fraction of sp³-hybridized carbons (Fsp3) is 0.500. The van der Waals surface area contributed by atoms with E-state index in [0.717, 1.165) is 5.56 Å². The molecule has 0 aliphatic heterocycles. The second-order valence-electron chi connectivity index (χ2n) is 5.95. The third-order valence-electron chi connectivity index (χ3n) is 4.09. The molecule has 0 aliphatic rings. The van der Waals surface area contributed by atoms with Gasteiger partial charge in [-0.3, -0.25) is 9.59 Å². The van der Waals surface area contributed by atoms with Crippen LogP contribution in [0.3, 0.4) is 0 Å². The van der Waals surface area contributed by atoms with Crippen molar-refractivity contribution >= 4 is 17.8 Å². The number of carboxylic acid groups (broad SMARTS) is 1. The molecule has 132 valence electrons. The highest BCUT2D eigenvalue weighted by molar-refractivity contribution is 5.87. The van der Waals surface area contributed by atoms with Gasteiger partial charge in [-0.05, 0) is 17.9 Å². The maximum Gasteiger partial charge on any atom is 0.326 e. The number of amides is 2. The highest BCUT2D eigenvalue weighted by Crippen LogP contribution is 2.08. The third-order valence-corrected chi connectivity index (χ3v) is 4.09. The summed E-state index contributed by atoms with van der Waals surface area (Å²) in [4.78, 5) is 36.6. The second kappa shape index (κ2) is 9.70. The number of rotatable bonds is 9. The van der Waals surface area contributed by atoms with Crippen LogP contribution in [0.25, 0.3) is 0 Å². The lowest BCUT2D eigenvalue weighted by Gasteiger charge is -2.24. The van der Waals surface area contributed by atoms with Crippen LogP contribution >= 0.6 is 0 Å². The Bertz CT molecular complexity index is 559. The van der Waals surface area contributed by atoms with E-state index in [2.05, 4.69) is 5.32 Å². The molecule has 0 saturated heterocycles. The van der Waals surface area contributed by atoms with Crippen molar-refractivity contribution in [1.29, 1.82) is 0 Å². The Kier molecular flexibility index (Phi) is 7.95. The summed E-state index contributed by atoms with van der Waals surface area (Å²) < 4.78 is 0. The maximum atomic E-state index is 12.1. The van der Waals surface area contributed by atoms with Crippen LogP contribution in [-0.4, -0.2) is 46.9 Å². The van der Waals surface area contributed by atoms with Crippen molar-refractivity contribution < 1.29 is 19.5 Å². The van der Waals surface area contributed by atoms with Crippen molar-refractivity contribution in [2.24, 2.45) is 5.92 Å². The monoisotopic (exact) mass is 334 g/mol. The molecule has 0 aromatic heterocycles. The van der Waals surface area contributed by atoms with E-state index >= 15 is 0 Å². The van der Waals surface area contributed by atoms with Crippen molar-refractivity contribution in [1.82, 2.24) is 10.2 Å². The van der Waals surface area contributed by atoms with Gasteiger partial charge in [-0.25, -0.2) is 4.79 Å². The van der Waals surface area contributed by atoms with Gasteiger partial charge in [0.2, 0.25) is 11.8 Å². The number of aliphatic carboxylic acids is 1. The van der Waals surface area contributed by atoms with E-state index < -0.39 is 17.9 Å². The molecule has 0 aliphatic carbocycles. The average molecular weight is 334 g/mol. The van der Waals surface area contributed by atoms with Crippen LogP contribution in [0.4, 0.5) is 0 Å². The lowest BCUT2D eigenvalue weighted by molar-refractivity contribution is -0.143. The van der Waals surface area contributed by atoms with Crippen molar-refractivity contribution in [2.45, 2.75) is 39.7 Å². The molecule has 1 aromatic carbocycles. The van der Waals surface area contributed by atoms with Gasteiger partial charge in [-0.15, -0.1) is 0 Å². The molecule has 2 N–H and O–H groups in total. The fourth-order valence-corrected chi connectivity index (χ4v) is 2.33. The van der Waals surface area contributed by atoms with Crippen LogP contribution in [0, 0.1) is 5.92 Å². The zero-order valence-electron chi connectivity index (χ0n) is 14.5. The maximum absolute atomic E-state index is 12.1. The first-order valence-electron chi connectivity index (χ1n) is 8.16. The molecule has 6 heteroatoms. The van der Waals surface area contributed by atoms with Gasteiger partial charge in [0.15, 0.2) is 0 Å². The molecular formula is C18H26N2O4. The van der Waals surface area contributed by atoms with Gasteiger partial charge in [0.25, 0.3) is 0 Å². The van der Waals surface area contributed by atoms with E-state index in [-0.39, 0.29) is 18.4 Å². The smallest absolute Gasteiger partial charge is 0.326 e. The molecule has 2 atom stereocenters. The summed E-state index contributed by atoms with van der Waals surface area (Å²) in [6.07, 6.45) is 1.28. The van der Waals surface area contributed by atoms with Gasteiger partial charge in [0.1, 0.15) is 6.04 Å². The number of hydrogen-bond donors (Lipinski definition) is 2. The number of carbonyl (C=O) groups is 3. The standard InChI is InChI=1S/C18H26N2O4/c1-4-13(2)17(18(23)24)19-16(22)12-20(14(3)21)11-10-15-8-6-5-7-9-15/h5-9,13,17H,4,10-12H2,1-3H3,(H,19,22)(H,23,24)/t13-,17-/m0/s1. The molecule has 0 heterocycles. The normalized spacial score (nSPS) is 13.0. The topological polar surface area (TPSA) is 86.7 Å². The lowest BCUT2D eigenvalue weighted by atomic mass is 9.99. The van der Waals surface area contributed by atoms with Crippen LogP contribution in [0.1, 0.15) is 32.8 Å². The molecule has 6 nitrogen and oxygen atoms in total. The van der Waals surface area contributed by atoms with Crippen LogP contribution in [0.2, 0.25) is 0 Å².